The molecule has 0 radical (unpaired) electrons. The summed E-state index contributed by atoms with van der Waals surface area (Å²) in [5, 5.41) is 13.2. The molecule has 1 aliphatic carbocycles. The molecule has 1 atom stereocenters. The molecule has 2 aliphatic rings. The van der Waals surface area contributed by atoms with Gasteiger partial charge in [-0.25, -0.2) is 0 Å². The van der Waals surface area contributed by atoms with Crippen molar-refractivity contribution in [1.29, 1.82) is 0 Å². The molecule has 2 rings (SSSR count). The normalized spacial score (nSPS) is 25.0. The van der Waals surface area contributed by atoms with Crippen LogP contribution in [0.4, 0.5) is 13.2 Å². The van der Waals surface area contributed by atoms with E-state index in [9.17, 15) is 18.3 Å². The van der Waals surface area contributed by atoms with Crippen LogP contribution >= 0.6 is 0 Å². The zero-order chi connectivity index (χ0) is 15.5. The molecule has 0 bridgehead atoms. The highest BCUT2D eigenvalue weighted by atomic mass is 19.4. The second-order valence-corrected chi connectivity index (χ2v) is 6.29. The van der Waals surface area contributed by atoms with Crippen molar-refractivity contribution in [3.05, 3.63) is 0 Å². The molecule has 0 amide bonds. The number of hydrogen-bond acceptors (Lipinski definition) is 4. The van der Waals surface area contributed by atoms with Gasteiger partial charge in [0.2, 0.25) is 0 Å². The Labute approximate surface area is 124 Å². The molecule has 2 fully saturated rings. The summed E-state index contributed by atoms with van der Waals surface area (Å²) >= 11 is 0. The summed E-state index contributed by atoms with van der Waals surface area (Å²) < 4.78 is 37.1. The second-order valence-electron chi connectivity index (χ2n) is 6.29. The summed E-state index contributed by atoms with van der Waals surface area (Å²) in [6.45, 7) is 4.97. The van der Waals surface area contributed by atoms with Gasteiger partial charge in [0, 0.05) is 32.7 Å². The van der Waals surface area contributed by atoms with Crippen molar-refractivity contribution in [3.8, 4) is 0 Å². The zero-order valence-corrected chi connectivity index (χ0v) is 12.6. The van der Waals surface area contributed by atoms with Gasteiger partial charge in [-0.3, -0.25) is 9.80 Å². The van der Waals surface area contributed by atoms with Crippen LogP contribution in [0.3, 0.4) is 0 Å². The highest BCUT2D eigenvalue weighted by molar-refractivity contribution is 5.03. The molecule has 4 nitrogen and oxygen atoms in total. The van der Waals surface area contributed by atoms with E-state index in [0.717, 1.165) is 25.9 Å². The maximum Gasteiger partial charge on any atom is 0.401 e. The zero-order valence-electron chi connectivity index (χ0n) is 12.6. The van der Waals surface area contributed by atoms with Crippen molar-refractivity contribution in [2.75, 3.05) is 52.4 Å². The number of aliphatic hydroxyl groups is 1. The molecular weight excluding hydrogens is 283 g/mol. The van der Waals surface area contributed by atoms with Crippen molar-refractivity contribution in [2.24, 2.45) is 5.92 Å². The number of alkyl halides is 3. The SMILES string of the molecule is CCNC(CO)(CN1CCN(CC(F)(F)F)CC1)C1CC1. The van der Waals surface area contributed by atoms with Gasteiger partial charge in [-0.15, -0.1) is 0 Å². The van der Waals surface area contributed by atoms with Crippen LogP contribution in [0.5, 0.6) is 0 Å². The minimum absolute atomic E-state index is 0.0915. The molecule has 7 heteroatoms. The molecule has 0 aromatic heterocycles. The van der Waals surface area contributed by atoms with E-state index in [0.29, 0.717) is 32.1 Å². The average Bonchev–Trinajstić information content (AvgIpc) is 3.23. The highest BCUT2D eigenvalue weighted by Gasteiger charge is 2.45. The Morgan fingerprint density at radius 3 is 1.95 bits per heavy atom. The first-order chi connectivity index (χ1) is 9.88. The van der Waals surface area contributed by atoms with Crippen molar-refractivity contribution in [3.63, 3.8) is 0 Å². The number of likely N-dealkylation sites (N-methyl/N-ethyl adjacent to an activating group) is 1. The van der Waals surface area contributed by atoms with Crippen LogP contribution in [0.25, 0.3) is 0 Å². The highest BCUT2D eigenvalue weighted by Crippen LogP contribution is 2.40. The largest absolute Gasteiger partial charge is 0.401 e. The minimum Gasteiger partial charge on any atom is -0.394 e. The minimum atomic E-state index is -4.12. The van der Waals surface area contributed by atoms with Gasteiger partial charge < -0.3 is 10.4 Å². The summed E-state index contributed by atoms with van der Waals surface area (Å²) in [7, 11) is 0. The molecule has 0 aromatic rings. The molecule has 0 spiro atoms. The molecule has 1 unspecified atom stereocenters. The number of nitrogens with zero attached hydrogens (tertiary/aromatic N) is 2. The fraction of sp³-hybridized carbons (Fsp3) is 1.00. The van der Waals surface area contributed by atoms with Gasteiger partial charge in [-0.1, -0.05) is 6.92 Å². The van der Waals surface area contributed by atoms with Crippen molar-refractivity contribution >= 4 is 0 Å². The van der Waals surface area contributed by atoms with E-state index in [1.807, 2.05) is 6.92 Å². The number of halogens is 3. The quantitative estimate of drug-likeness (QED) is 0.733. The summed E-state index contributed by atoms with van der Waals surface area (Å²) in [6.07, 6.45) is -1.86. The van der Waals surface area contributed by atoms with Gasteiger partial charge in [-0.2, -0.15) is 13.2 Å². The van der Waals surface area contributed by atoms with Crippen LogP contribution in [0.1, 0.15) is 19.8 Å². The van der Waals surface area contributed by atoms with Gasteiger partial charge in [0.05, 0.1) is 18.7 Å². The van der Waals surface area contributed by atoms with Crippen LogP contribution in [0.15, 0.2) is 0 Å². The second kappa shape index (κ2) is 6.81. The Morgan fingerprint density at radius 1 is 1.05 bits per heavy atom. The molecule has 124 valence electrons. The lowest BCUT2D eigenvalue weighted by atomic mass is 9.93. The lowest BCUT2D eigenvalue weighted by molar-refractivity contribution is -0.149. The predicted molar refractivity (Wildman–Crippen MR) is 75.2 cm³/mol. The van der Waals surface area contributed by atoms with E-state index in [1.165, 1.54) is 4.90 Å². The third kappa shape index (κ3) is 4.81. The molecular formula is C14H26F3N3O. The van der Waals surface area contributed by atoms with Gasteiger partial charge >= 0.3 is 6.18 Å². The van der Waals surface area contributed by atoms with Gasteiger partial charge in [-0.05, 0) is 25.3 Å². The monoisotopic (exact) mass is 309 g/mol. The lowest BCUT2D eigenvalue weighted by Gasteiger charge is -2.42. The summed E-state index contributed by atoms with van der Waals surface area (Å²) in [5.74, 6) is 0.496. The van der Waals surface area contributed by atoms with Gasteiger partial charge in [0.25, 0.3) is 0 Å². The third-order valence-corrected chi connectivity index (χ3v) is 4.54. The maximum absolute atomic E-state index is 12.4. The van der Waals surface area contributed by atoms with E-state index in [1.54, 1.807) is 0 Å². The van der Waals surface area contributed by atoms with Crippen molar-refractivity contribution in [2.45, 2.75) is 31.5 Å². The van der Waals surface area contributed by atoms with Gasteiger partial charge in [0.15, 0.2) is 0 Å². The molecule has 21 heavy (non-hydrogen) atoms. The topological polar surface area (TPSA) is 38.7 Å². The molecule has 1 heterocycles. The smallest absolute Gasteiger partial charge is 0.394 e. The van der Waals surface area contributed by atoms with Crippen LogP contribution in [0, 0.1) is 5.92 Å². The van der Waals surface area contributed by atoms with E-state index in [4.69, 9.17) is 0 Å². The van der Waals surface area contributed by atoms with Crippen LogP contribution < -0.4 is 5.32 Å². The number of aliphatic hydroxyl groups excluding tert-OH is 1. The van der Waals surface area contributed by atoms with Crippen LogP contribution in [-0.4, -0.2) is 79.0 Å². The average molecular weight is 309 g/mol. The van der Waals surface area contributed by atoms with Crippen LogP contribution in [-0.2, 0) is 0 Å². The first-order valence-electron chi connectivity index (χ1n) is 7.76. The Bertz CT molecular complexity index is 328. The third-order valence-electron chi connectivity index (χ3n) is 4.54. The summed E-state index contributed by atoms with van der Waals surface area (Å²) in [6, 6.07) is 0. The molecule has 1 saturated carbocycles. The summed E-state index contributed by atoms with van der Waals surface area (Å²) in [4.78, 5) is 3.64. The maximum atomic E-state index is 12.4. The van der Waals surface area contributed by atoms with Crippen LogP contribution in [0.2, 0.25) is 0 Å². The Kier molecular flexibility index (Phi) is 5.51. The van der Waals surface area contributed by atoms with E-state index >= 15 is 0 Å². The Balaban J connectivity index is 1.84. The number of rotatable bonds is 7. The number of nitrogens with one attached hydrogen (secondary N) is 1. The molecule has 0 aromatic carbocycles. The van der Waals surface area contributed by atoms with E-state index in [-0.39, 0.29) is 12.1 Å². The molecule has 1 aliphatic heterocycles. The van der Waals surface area contributed by atoms with Gasteiger partial charge in [0.1, 0.15) is 0 Å². The lowest BCUT2D eigenvalue weighted by Crippen LogP contribution is -2.60. The number of piperazine rings is 1. The van der Waals surface area contributed by atoms with E-state index in [2.05, 4.69) is 10.2 Å². The standard InChI is InChI=1S/C14H26F3N3O/c1-2-18-13(11-21,12-3-4-12)9-19-5-7-20(8-6-19)10-14(15,16)17/h12,18,21H,2-11H2,1H3. The van der Waals surface area contributed by atoms with Crippen molar-refractivity contribution < 1.29 is 18.3 Å². The first-order valence-corrected chi connectivity index (χ1v) is 7.76. The Morgan fingerprint density at radius 2 is 1.57 bits per heavy atom. The fourth-order valence-electron chi connectivity index (χ4n) is 3.31. The molecule has 2 N–H and O–H groups in total. The fourth-order valence-corrected chi connectivity index (χ4v) is 3.31. The van der Waals surface area contributed by atoms with Crippen molar-refractivity contribution in [1.82, 2.24) is 15.1 Å². The molecule has 1 saturated heterocycles. The first kappa shape index (κ1) is 17.0. The predicted octanol–water partition coefficient (Wildman–Crippen LogP) is 0.917. The van der Waals surface area contributed by atoms with E-state index < -0.39 is 12.7 Å². The summed E-state index contributed by atoms with van der Waals surface area (Å²) in [5.41, 5.74) is -0.277. The Hall–Kier alpha value is -0.370. The number of hydrogen-bond donors (Lipinski definition) is 2.